The fraction of sp³-hybridized carbons (Fsp3) is 0.500. The summed E-state index contributed by atoms with van der Waals surface area (Å²) >= 11 is 1.41. The van der Waals surface area contributed by atoms with Gasteiger partial charge in [0.15, 0.2) is 11.0 Å². The van der Waals surface area contributed by atoms with Gasteiger partial charge in [0.25, 0.3) is 0 Å². The van der Waals surface area contributed by atoms with Crippen LogP contribution in [0.25, 0.3) is 11.4 Å². The lowest BCUT2D eigenvalue weighted by Gasteiger charge is -2.19. The van der Waals surface area contributed by atoms with Gasteiger partial charge in [-0.3, -0.25) is 9.36 Å². The molecule has 5 nitrogen and oxygen atoms in total. The van der Waals surface area contributed by atoms with E-state index in [1.165, 1.54) is 17.3 Å². The quantitative estimate of drug-likeness (QED) is 0.484. The van der Waals surface area contributed by atoms with Crippen LogP contribution in [-0.4, -0.2) is 32.5 Å². The van der Waals surface area contributed by atoms with Crippen LogP contribution in [0.15, 0.2) is 42.1 Å². The van der Waals surface area contributed by atoms with Crippen molar-refractivity contribution >= 4 is 17.7 Å². The number of rotatable bonds is 9. The highest BCUT2D eigenvalue weighted by Crippen LogP contribution is 2.27. The molecule has 0 saturated carbocycles. The summed E-state index contributed by atoms with van der Waals surface area (Å²) in [4.78, 5) is 12.2. The summed E-state index contributed by atoms with van der Waals surface area (Å²) < 4.78 is 2.01. The molecule has 0 aliphatic carbocycles. The molecule has 2 rings (SSSR count). The molecule has 0 aliphatic heterocycles. The first-order chi connectivity index (χ1) is 13.3. The molecular formula is C22H32N4OS. The largest absolute Gasteiger partial charge is 0.353 e. The van der Waals surface area contributed by atoms with Crippen molar-refractivity contribution in [2.45, 2.75) is 70.6 Å². The maximum Gasteiger partial charge on any atom is 0.230 e. The van der Waals surface area contributed by atoms with Gasteiger partial charge in [0.2, 0.25) is 5.91 Å². The smallest absolute Gasteiger partial charge is 0.230 e. The van der Waals surface area contributed by atoms with Crippen LogP contribution < -0.4 is 5.32 Å². The summed E-state index contributed by atoms with van der Waals surface area (Å²) in [5.74, 6) is 1.15. The second-order valence-electron chi connectivity index (χ2n) is 7.90. The minimum Gasteiger partial charge on any atom is -0.353 e. The Morgan fingerprint density at radius 2 is 1.86 bits per heavy atom. The van der Waals surface area contributed by atoms with E-state index in [-0.39, 0.29) is 17.4 Å². The SMILES string of the molecule is C=CCn1c(SCC(=O)NC(CC)CC)nnc1-c1ccc(C(C)(C)C)cc1. The standard InChI is InChI=1S/C22H32N4OS/c1-7-14-26-20(16-10-12-17(13-11-16)22(4,5)6)24-25-21(26)28-15-19(27)23-18(8-2)9-3/h7,10-13,18H,1,8-9,14-15H2,2-6H3,(H,23,27). The van der Waals surface area contributed by atoms with Gasteiger partial charge in [0.05, 0.1) is 5.75 Å². The molecular weight excluding hydrogens is 368 g/mol. The molecule has 0 spiro atoms. The van der Waals surface area contributed by atoms with Gasteiger partial charge in [-0.25, -0.2) is 0 Å². The highest BCUT2D eigenvalue weighted by Gasteiger charge is 2.17. The number of nitrogens with one attached hydrogen (secondary N) is 1. The van der Waals surface area contributed by atoms with Crippen molar-refractivity contribution in [3.63, 3.8) is 0 Å². The normalized spacial score (nSPS) is 11.6. The lowest BCUT2D eigenvalue weighted by molar-refractivity contribution is -0.119. The molecule has 0 fully saturated rings. The van der Waals surface area contributed by atoms with E-state index in [4.69, 9.17) is 0 Å². The van der Waals surface area contributed by atoms with Crippen molar-refractivity contribution in [1.29, 1.82) is 0 Å². The van der Waals surface area contributed by atoms with E-state index >= 15 is 0 Å². The number of carbonyl (C=O) groups excluding carboxylic acids is 1. The second-order valence-corrected chi connectivity index (χ2v) is 8.84. The molecule has 0 bridgehead atoms. The Hall–Kier alpha value is -2.08. The molecule has 1 heterocycles. The molecule has 1 aromatic carbocycles. The Morgan fingerprint density at radius 3 is 2.39 bits per heavy atom. The summed E-state index contributed by atoms with van der Waals surface area (Å²) in [6.07, 6.45) is 3.70. The number of hydrogen-bond donors (Lipinski definition) is 1. The van der Waals surface area contributed by atoms with E-state index in [1.54, 1.807) is 0 Å². The third kappa shape index (κ3) is 5.71. The molecule has 0 aliphatic rings. The number of thioether (sulfide) groups is 1. The van der Waals surface area contributed by atoms with Gasteiger partial charge in [-0.1, -0.05) is 76.7 Å². The average molecular weight is 401 g/mol. The number of carbonyl (C=O) groups is 1. The van der Waals surface area contributed by atoms with Crippen LogP contribution in [0.5, 0.6) is 0 Å². The van der Waals surface area contributed by atoms with Crippen molar-refractivity contribution in [1.82, 2.24) is 20.1 Å². The van der Waals surface area contributed by atoms with E-state index in [2.05, 4.69) is 81.0 Å². The van der Waals surface area contributed by atoms with Gasteiger partial charge in [0.1, 0.15) is 0 Å². The highest BCUT2D eigenvalue weighted by atomic mass is 32.2. The van der Waals surface area contributed by atoms with Crippen molar-refractivity contribution in [3.8, 4) is 11.4 Å². The molecule has 0 saturated heterocycles. The Labute approximate surface area is 173 Å². The van der Waals surface area contributed by atoms with E-state index in [9.17, 15) is 4.79 Å². The fourth-order valence-electron chi connectivity index (χ4n) is 2.91. The average Bonchev–Trinajstić information content (AvgIpc) is 3.07. The van der Waals surface area contributed by atoms with Crippen molar-refractivity contribution in [3.05, 3.63) is 42.5 Å². The van der Waals surface area contributed by atoms with Crippen LogP contribution in [0.4, 0.5) is 0 Å². The van der Waals surface area contributed by atoms with Gasteiger partial charge in [-0.05, 0) is 23.8 Å². The predicted octanol–water partition coefficient (Wildman–Crippen LogP) is 4.83. The zero-order chi connectivity index (χ0) is 20.7. The minimum absolute atomic E-state index is 0.0305. The van der Waals surface area contributed by atoms with Gasteiger partial charge >= 0.3 is 0 Å². The minimum atomic E-state index is 0.0305. The molecule has 1 N–H and O–H groups in total. The maximum atomic E-state index is 12.2. The van der Waals surface area contributed by atoms with Crippen LogP contribution in [0, 0.1) is 0 Å². The molecule has 6 heteroatoms. The molecule has 2 aromatic rings. The molecule has 0 atom stereocenters. The number of aromatic nitrogens is 3. The van der Waals surface area contributed by atoms with Crippen LogP contribution in [0.3, 0.4) is 0 Å². The topological polar surface area (TPSA) is 59.8 Å². The number of amides is 1. The van der Waals surface area contributed by atoms with Crippen molar-refractivity contribution in [2.24, 2.45) is 0 Å². The fourth-order valence-corrected chi connectivity index (χ4v) is 3.67. The summed E-state index contributed by atoms with van der Waals surface area (Å²) in [5.41, 5.74) is 2.39. The predicted molar refractivity (Wildman–Crippen MR) is 118 cm³/mol. The van der Waals surface area contributed by atoms with Crippen molar-refractivity contribution in [2.75, 3.05) is 5.75 Å². The summed E-state index contributed by atoms with van der Waals surface area (Å²) in [7, 11) is 0. The molecule has 0 radical (unpaired) electrons. The molecule has 28 heavy (non-hydrogen) atoms. The Morgan fingerprint density at radius 1 is 1.21 bits per heavy atom. The Balaban J connectivity index is 2.17. The van der Waals surface area contributed by atoms with Crippen LogP contribution in [-0.2, 0) is 16.8 Å². The first-order valence-corrected chi connectivity index (χ1v) is 10.9. The van der Waals surface area contributed by atoms with Crippen LogP contribution >= 0.6 is 11.8 Å². The van der Waals surface area contributed by atoms with E-state index in [0.717, 1.165) is 29.4 Å². The summed E-state index contributed by atoms with van der Waals surface area (Å²) in [6, 6.07) is 8.67. The molecule has 152 valence electrons. The Bertz CT molecular complexity index is 786. The monoisotopic (exact) mass is 400 g/mol. The first kappa shape index (κ1) is 22.2. The third-order valence-electron chi connectivity index (χ3n) is 4.72. The van der Waals surface area contributed by atoms with Gasteiger partial charge in [0, 0.05) is 18.2 Å². The highest BCUT2D eigenvalue weighted by molar-refractivity contribution is 7.99. The third-order valence-corrected chi connectivity index (χ3v) is 5.69. The first-order valence-electron chi connectivity index (χ1n) is 9.87. The summed E-state index contributed by atoms with van der Waals surface area (Å²) in [6.45, 7) is 15.2. The summed E-state index contributed by atoms with van der Waals surface area (Å²) in [5, 5.41) is 12.5. The number of allylic oxidation sites excluding steroid dienone is 1. The van der Waals surface area contributed by atoms with E-state index < -0.39 is 0 Å². The zero-order valence-electron chi connectivity index (χ0n) is 17.7. The number of benzene rings is 1. The second kappa shape index (κ2) is 9.92. The molecule has 1 aromatic heterocycles. The maximum absolute atomic E-state index is 12.2. The zero-order valence-corrected chi connectivity index (χ0v) is 18.5. The Kier molecular flexibility index (Phi) is 7.87. The van der Waals surface area contributed by atoms with E-state index in [0.29, 0.717) is 12.3 Å². The number of nitrogens with zero attached hydrogens (tertiary/aromatic N) is 3. The van der Waals surface area contributed by atoms with Crippen LogP contribution in [0.2, 0.25) is 0 Å². The van der Waals surface area contributed by atoms with Crippen LogP contribution in [0.1, 0.15) is 53.0 Å². The molecule has 1 amide bonds. The lowest BCUT2D eigenvalue weighted by Crippen LogP contribution is -2.35. The van der Waals surface area contributed by atoms with Gasteiger partial charge in [-0.15, -0.1) is 16.8 Å². The van der Waals surface area contributed by atoms with Gasteiger partial charge < -0.3 is 5.32 Å². The van der Waals surface area contributed by atoms with E-state index in [1.807, 2.05) is 10.6 Å². The lowest BCUT2D eigenvalue weighted by atomic mass is 9.87. The number of hydrogen-bond acceptors (Lipinski definition) is 4. The van der Waals surface area contributed by atoms with Gasteiger partial charge in [-0.2, -0.15) is 0 Å². The van der Waals surface area contributed by atoms with Crippen molar-refractivity contribution < 1.29 is 4.79 Å². The molecule has 0 unspecified atom stereocenters.